The third kappa shape index (κ3) is 5.32. The summed E-state index contributed by atoms with van der Waals surface area (Å²) in [4.78, 5) is 23.7. The fourth-order valence-corrected chi connectivity index (χ4v) is 4.02. The molecular formula is C23H30N6O2. The molecule has 1 aromatic carbocycles. The number of rotatable bonds is 6. The van der Waals surface area contributed by atoms with Gasteiger partial charge in [-0.3, -0.25) is 4.79 Å². The Bertz CT molecular complexity index is 926. The minimum atomic E-state index is 0.0537. The molecule has 1 atom stereocenters. The lowest BCUT2D eigenvalue weighted by atomic mass is 9.90. The lowest BCUT2D eigenvalue weighted by Crippen LogP contribution is -2.40. The quantitative estimate of drug-likeness (QED) is 0.488. The SMILES string of the molecule is CCNC(=NCc1cccnc1N1CCOCC1)NCC1CC(=O)Nc2ccccc21. The molecule has 3 heterocycles. The van der Waals surface area contributed by atoms with Crippen molar-refractivity contribution in [3.8, 4) is 0 Å². The van der Waals surface area contributed by atoms with Gasteiger partial charge in [0.15, 0.2) is 5.96 Å². The summed E-state index contributed by atoms with van der Waals surface area (Å²) in [5.74, 6) is 1.88. The van der Waals surface area contributed by atoms with E-state index in [4.69, 9.17) is 9.73 Å². The second-order valence-electron chi connectivity index (χ2n) is 7.70. The first-order valence-corrected chi connectivity index (χ1v) is 10.9. The Morgan fingerprint density at radius 2 is 2.06 bits per heavy atom. The second kappa shape index (κ2) is 10.3. The summed E-state index contributed by atoms with van der Waals surface area (Å²) in [5, 5.41) is 9.69. The van der Waals surface area contributed by atoms with Crippen LogP contribution in [0.5, 0.6) is 0 Å². The van der Waals surface area contributed by atoms with E-state index in [0.717, 1.165) is 61.4 Å². The smallest absolute Gasteiger partial charge is 0.225 e. The standard InChI is InChI=1S/C23H30N6O2/c1-2-24-23(27-16-18-14-21(30)28-20-8-4-3-7-19(18)20)26-15-17-6-5-9-25-22(17)29-10-12-31-13-11-29/h3-9,18H,2,10-16H2,1H3,(H,28,30)(H2,24,26,27). The summed E-state index contributed by atoms with van der Waals surface area (Å²) < 4.78 is 5.47. The number of para-hydroxylation sites is 1. The van der Waals surface area contributed by atoms with E-state index in [9.17, 15) is 4.79 Å². The van der Waals surface area contributed by atoms with Gasteiger partial charge < -0.3 is 25.6 Å². The van der Waals surface area contributed by atoms with Crippen LogP contribution in [0.1, 0.15) is 30.4 Å². The minimum absolute atomic E-state index is 0.0537. The predicted molar refractivity (Wildman–Crippen MR) is 123 cm³/mol. The maximum absolute atomic E-state index is 12.1. The molecule has 0 aliphatic carbocycles. The van der Waals surface area contributed by atoms with E-state index in [1.54, 1.807) is 0 Å². The fraction of sp³-hybridized carbons (Fsp3) is 0.435. The van der Waals surface area contributed by atoms with Crippen molar-refractivity contribution in [2.75, 3.05) is 49.6 Å². The van der Waals surface area contributed by atoms with Crippen molar-refractivity contribution in [3.63, 3.8) is 0 Å². The van der Waals surface area contributed by atoms with Crippen molar-refractivity contribution in [3.05, 3.63) is 53.7 Å². The first kappa shape index (κ1) is 21.1. The highest BCUT2D eigenvalue weighted by atomic mass is 16.5. The van der Waals surface area contributed by atoms with Crippen LogP contribution in [0.2, 0.25) is 0 Å². The largest absolute Gasteiger partial charge is 0.378 e. The van der Waals surface area contributed by atoms with Gasteiger partial charge in [0.25, 0.3) is 0 Å². The topological polar surface area (TPSA) is 90.9 Å². The number of ether oxygens (including phenoxy) is 1. The number of guanidine groups is 1. The number of benzene rings is 1. The van der Waals surface area contributed by atoms with Crippen LogP contribution >= 0.6 is 0 Å². The third-order valence-electron chi connectivity index (χ3n) is 5.55. The Hall–Kier alpha value is -3.13. The van der Waals surface area contributed by atoms with Crippen LogP contribution in [0.15, 0.2) is 47.6 Å². The lowest BCUT2D eigenvalue weighted by Gasteiger charge is -2.29. The van der Waals surface area contributed by atoms with Gasteiger partial charge in [0.1, 0.15) is 5.82 Å². The van der Waals surface area contributed by atoms with E-state index >= 15 is 0 Å². The van der Waals surface area contributed by atoms with Gasteiger partial charge in [-0.25, -0.2) is 9.98 Å². The predicted octanol–water partition coefficient (Wildman–Crippen LogP) is 2.10. The van der Waals surface area contributed by atoms with E-state index in [0.29, 0.717) is 19.5 Å². The maximum atomic E-state index is 12.1. The van der Waals surface area contributed by atoms with E-state index in [-0.39, 0.29) is 11.8 Å². The van der Waals surface area contributed by atoms with Crippen LogP contribution in [-0.2, 0) is 16.1 Å². The number of carbonyl (C=O) groups excluding carboxylic acids is 1. The summed E-state index contributed by atoms with van der Waals surface area (Å²) in [6.45, 7) is 7.10. The molecule has 1 aromatic heterocycles. The van der Waals surface area contributed by atoms with Crippen molar-refractivity contribution in [1.29, 1.82) is 0 Å². The number of nitrogens with zero attached hydrogens (tertiary/aromatic N) is 3. The van der Waals surface area contributed by atoms with Crippen LogP contribution in [0.25, 0.3) is 0 Å². The molecule has 1 fully saturated rings. The molecule has 0 radical (unpaired) electrons. The van der Waals surface area contributed by atoms with Crippen LogP contribution in [0.3, 0.4) is 0 Å². The van der Waals surface area contributed by atoms with E-state index < -0.39 is 0 Å². The van der Waals surface area contributed by atoms with Gasteiger partial charge in [0.2, 0.25) is 5.91 Å². The number of aliphatic imine (C=N–C) groups is 1. The number of fused-ring (bicyclic) bond motifs is 1. The summed E-state index contributed by atoms with van der Waals surface area (Å²) >= 11 is 0. The number of carbonyl (C=O) groups is 1. The molecule has 1 unspecified atom stereocenters. The average molecular weight is 423 g/mol. The van der Waals surface area contributed by atoms with Gasteiger partial charge in [0.05, 0.1) is 19.8 Å². The number of pyridine rings is 1. The van der Waals surface area contributed by atoms with Gasteiger partial charge in [-0.2, -0.15) is 0 Å². The number of hydrogen-bond donors (Lipinski definition) is 3. The van der Waals surface area contributed by atoms with Gasteiger partial charge in [-0.05, 0) is 24.6 Å². The van der Waals surface area contributed by atoms with E-state index in [1.807, 2.05) is 37.4 Å². The Morgan fingerprint density at radius 1 is 1.23 bits per heavy atom. The highest BCUT2D eigenvalue weighted by Crippen LogP contribution is 2.31. The van der Waals surface area contributed by atoms with Crippen molar-refractivity contribution in [2.24, 2.45) is 4.99 Å². The molecule has 1 saturated heterocycles. The van der Waals surface area contributed by atoms with E-state index in [2.05, 4.69) is 38.0 Å². The molecule has 164 valence electrons. The van der Waals surface area contributed by atoms with Crippen LogP contribution in [-0.4, -0.2) is 56.2 Å². The molecule has 1 amide bonds. The lowest BCUT2D eigenvalue weighted by molar-refractivity contribution is -0.116. The molecule has 0 spiro atoms. The van der Waals surface area contributed by atoms with Crippen molar-refractivity contribution < 1.29 is 9.53 Å². The first-order chi connectivity index (χ1) is 15.2. The molecule has 0 bridgehead atoms. The average Bonchev–Trinajstić information content (AvgIpc) is 2.81. The Morgan fingerprint density at radius 3 is 2.90 bits per heavy atom. The highest BCUT2D eigenvalue weighted by Gasteiger charge is 2.24. The molecule has 3 N–H and O–H groups in total. The summed E-state index contributed by atoms with van der Waals surface area (Å²) in [6.07, 6.45) is 2.29. The highest BCUT2D eigenvalue weighted by molar-refractivity contribution is 5.94. The number of morpholine rings is 1. The molecule has 2 aliphatic heterocycles. The molecule has 2 aromatic rings. The zero-order valence-electron chi connectivity index (χ0n) is 17.9. The van der Waals surface area contributed by atoms with Gasteiger partial charge in [-0.1, -0.05) is 24.3 Å². The number of anilines is 2. The molecule has 2 aliphatic rings. The van der Waals surface area contributed by atoms with Crippen molar-refractivity contribution >= 4 is 23.4 Å². The van der Waals surface area contributed by atoms with Crippen molar-refractivity contribution in [2.45, 2.75) is 25.8 Å². The Balaban J connectivity index is 1.45. The molecular weight excluding hydrogens is 392 g/mol. The van der Waals surface area contributed by atoms with Crippen molar-refractivity contribution in [1.82, 2.24) is 15.6 Å². The molecule has 8 heteroatoms. The fourth-order valence-electron chi connectivity index (χ4n) is 4.02. The maximum Gasteiger partial charge on any atom is 0.225 e. The normalized spacial score (nSPS) is 18.9. The number of nitrogens with one attached hydrogen (secondary N) is 3. The van der Waals surface area contributed by atoms with Crippen LogP contribution in [0, 0.1) is 0 Å². The van der Waals surface area contributed by atoms with Gasteiger partial charge in [-0.15, -0.1) is 0 Å². The number of aromatic nitrogens is 1. The van der Waals surface area contributed by atoms with E-state index in [1.165, 1.54) is 0 Å². The minimum Gasteiger partial charge on any atom is -0.378 e. The molecule has 4 rings (SSSR count). The molecule has 8 nitrogen and oxygen atoms in total. The third-order valence-corrected chi connectivity index (χ3v) is 5.55. The molecule has 0 saturated carbocycles. The van der Waals surface area contributed by atoms with Gasteiger partial charge >= 0.3 is 0 Å². The summed E-state index contributed by atoms with van der Waals surface area (Å²) in [5.41, 5.74) is 3.15. The zero-order chi connectivity index (χ0) is 21.5. The Kier molecular flexibility index (Phi) is 6.99. The number of amides is 1. The summed E-state index contributed by atoms with van der Waals surface area (Å²) in [7, 11) is 0. The first-order valence-electron chi connectivity index (χ1n) is 10.9. The summed E-state index contributed by atoms with van der Waals surface area (Å²) in [6, 6.07) is 12.0. The van der Waals surface area contributed by atoms with Crippen LogP contribution < -0.4 is 20.9 Å². The monoisotopic (exact) mass is 422 g/mol. The molecule has 31 heavy (non-hydrogen) atoms. The van der Waals surface area contributed by atoms with Gasteiger partial charge in [0, 0.05) is 56.0 Å². The second-order valence-corrected chi connectivity index (χ2v) is 7.70. The number of hydrogen-bond acceptors (Lipinski definition) is 5. The zero-order valence-corrected chi connectivity index (χ0v) is 17.9. The van der Waals surface area contributed by atoms with Crippen LogP contribution in [0.4, 0.5) is 11.5 Å². The Labute approximate surface area is 183 Å².